The molecule has 128 valence electrons. The van der Waals surface area contributed by atoms with Gasteiger partial charge in [0.15, 0.2) is 6.61 Å². The average Bonchev–Trinajstić information content (AvgIpc) is 2.45. The summed E-state index contributed by atoms with van der Waals surface area (Å²) in [6, 6.07) is 6.88. The largest absolute Gasteiger partial charge is 0.484 e. The van der Waals surface area contributed by atoms with E-state index in [1.54, 1.807) is 24.3 Å². The molecule has 1 aromatic rings. The number of rotatable bonds is 5. The quantitative estimate of drug-likeness (QED) is 0.759. The molecule has 0 radical (unpaired) electrons. The minimum atomic E-state index is -0.546. The summed E-state index contributed by atoms with van der Waals surface area (Å²) in [4.78, 5) is 23.2. The van der Waals surface area contributed by atoms with Crippen LogP contribution in [-0.4, -0.2) is 24.0 Å². The number of amides is 2. The first-order valence-electron chi connectivity index (χ1n) is 7.49. The topological polar surface area (TPSA) is 107 Å². The SMILES string of the molecule is CC1(N)CCCCC1C(=O)Nc1cccc(OCC(N)=O)c1.Cl. The Kier molecular flexibility index (Phi) is 6.84. The van der Waals surface area contributed by atoms with Crippen LogP contribution in [0.3, 0.4) is 0 Å². The Hall–Kier alpha value is -1.79. The van der Waals surface area contributed by atoms with E-state index in [2.05, 4.69) is 5.32 Å². The molecule has 0 aliphatic heterocycles. The van der Waals surface area contributed by atoms with E-state index in [0.717, 1.165) is 25.7 Å². The fraction of sp³-hybridized carbons (Fsp3) is 0.500. The van der Waals surface area contributed by atoms with Gasteiger partial charge < -0.3 is 21.5 Å². The van der Waals surface area contributed by atoms with E-state index in [4.69, 9.17) is 16.2 Å². The number of anilines is 1. The number of halogens is 1. The molecule has 6 nitrogen and oxygen atoms in total. The molecular formula is C16H24ClN3O3. The van der Waals surface area contributed by atoms with Gasteiger partial charge in [-0.3, -0.25) is 9.59 Å². The minimum Gasteiger partial charge on any atom is -0.484 e. The molecule has 1 aliphatic carbocycles. The number of ether oxygens (including phenoxy) is 1. The normalized spacial score (nSPS) is 23.5. The Bertz CT molecular complexity index is 563. The molecule has 0 bridgehead atoms. The summed E-state index contributed by atoms with van der Waals surface area (Å²) in [7, 11) is 0. The maximum absolute atomic E-state index is 12.5. The van der Waals surface area contributed by atoms with E-state index in [-0.39, 0.29) is 30.8 Å². The van der Waals surface area contributed by atoms with Crippen LogP contribution in [0.25, 0.3) is 0 Å². The highest BCUT2D eigenvalue weighted by Gasteiger charge is 2.37. The lowest BCUT2D eigenvalue weighted by atomic mass is 9.74. The van der Waals surface area contributed by atoms with Gasteiger partial charge in [-0.1, -0.05) is 18.9 Å². The van der Waals surface area contributed by atoms with Crippen molar-refractivity contribution in [2.45, 2.75) is 38.1 Å². The van der Waals surface area contributed by atoms with Gasteiger partial charge in [0.2, 0.25) is 5.91 Å². The summed E-state index contributed by atoms with van der Waals surface area (Å²) in [6.07, 6.45) is 3.74. The number of nitrogens with one attached hydrogen (secondary N) is 1. The molecule has 1 aliphatic rings. The predicted molar refractivity (Wildman–Crippen MR) is 91.6 cm³/mol. The van der Waals surface area contributed by atoms with Crippen molar-refractivity contribution in [3.8, 4) is 5.75 Å². The van der Waals surface area contributed by atoms with Crippen molar-refractivity contribution in [1.29, 1.82) is 0 Å². The molecule has 0 aromatic heterocycles. The van der Waals surface area contributed by atoms with Crippen molar-refractivity contribution < 1.29 is 14.3 Å². The number of carbonyl (C=O) groups excluding carboxylic acids is 2. The summed E-state index contributed by atoms with van der Waals surface area (Å²) >= 11 is 0. The van der Waals surface area contributed by atoms with E-state index in [1.165, 1.54) is 0 Å². The fourth-order valence-electron chi connectivity index (χ4n) is 2.84. The summed E-state index contributed by atoms with van der Waals surface area (Å²) in [6.45, 7) is 1.74. The molecule has 1 saturated carbocycles. The summed E-state index contributed by atoms with van der Waals surface area (Å²) < 4.78 is 5.23. The van der Waals surface area contributed by atoms with Crippen LogP contribution in [0.1, 0.15) is 32.6 Å². The number of primary amides is 1. The zero-order valence-electron chi connectivity index (χ0n) is 13.2. The number of benzene rings is 1. The van der Waals surface area contributed by atoms with Crippen LogP contribution in [0.15, 0.2) is 24.3 Å². The van der Waals surface area contributed by atoms with Gasteiger partial charge in [0.05, 0.1) is 5.92 Å². The lowest BCUT2D eigenvalue weighted by Crippen LogP contribution is -2.51. The Morgan fingerprint density at radius 2 is 2.13 bits per heavy atom. The first-order chi connectivity index (χ1) is 10.4. The third-order valence-corrected chi connectivity index (χ3v) is 4.05. The molecule has 2 unspecified atom stereocenters. The van der Waals surface area contributed by atoms with Crippen LogP contribution < -0.4 is 21.5 Å². The lowest BCUT2D eigenvalue weighted by molar-refractivity contribution is -0.123. The van der Waals surface area contributed by atoms with E-state index in [0.29, 0.717) is 11.4 Å². The smallest absolute Gasteiger partial charge is 0.255 e. The van der Waals surface area contributed by atoms with Gasteiger partial charge in [0.25, 0.3) is 5.91 Å². The maximum Gasteiger partial charge on any atom is 0.255 e. The molecular weight excluding hydrogens is 318 g/mol. The van der Waals surface area contributed by atoms with Gasteiger partial charge in [0.1, 0.15) is 5.75 Å². The first-order valence-corrected chi connectivity index (χ1v) is 7.49. The molecule has 0 saturated heterocycles. The second-order valence-corrected chi connectivity index (χ2v) is 6.08. The standard InChI is InChI=1S/C16H23N3O3.ClH/c1-16(18)8-3-2-7-13(16)15(21)19-11-5-4-6-12(9-11)22-10-14(17)20;/h4-6,9,13H,2-3,7-8,10,18H2,1H3,(H2,17,20)(H,19,21);1H. The van der Waals surface area contributed by atoms with Crippen molar-refractivity contribution >= 4 is 29.9 Å². The van der Waals surface area contributed by atoms with Crippen LogP contribution in [0.5, 0.6) is 5.75 Å². The van der Waals surface area contributed by atoms with Crippen LogP contribution in [0.4, 0.5) is 5.69 Å². The van der Waals surface area contributed by atoms with E-state index < -0.39 is 11.4 Å². The van der Waals surface area contributed by atoms with Crippen LogP contribution >= 0.6 is 12.4 Å². The molecule has 2 amide bonds. The first kappa shape index (κ1) is 19.3. The van der Waals surface area contributed by atoms with Crippen molar-refractivity contribution in [3.63, 3.8) is 0 Å². The minimum absolute atomic E-state index is 0. The highest BCUT2D eigenvalue weighted by atomic mass is 35.5. The van der Waals surface area contributed by atoms with Crippen molar-refractivity contribution in [1.82, 2.24) is 0 Å². The second-order valence-electron chi connectivity index (χ2n) is 6.08. The Morgan fingerprint density at radius 1 is 1.39 bits per heavy atom. The molecule has 5 N–H and O–H groups in total. The molecule has 23 heavy (non-hydrogen) atoms. The number of nitrogens with two attached hydrogens (primary N) is 2. The molecule has 1 fully saturated rings. The summed E-state index contributed by atoms with van der Waals surface area (Å²) in [5.74, 6) is -0.334. The summed E-state index contributed by atoms with van der Waals surface area (Å²) in [5, 5.41) is 2.88. The summed E-state index contributed by atoms with van der Waals surface area (Å²) in [5.41, 5.74) is 11.4. The van der Waals surface area contributed by atoms with E-state index in [9.17, 15) is 9.59 Å². The van der Waals surface area contributed by atoms with E-state index in [1.807, 2.05) is 6.92 Å². The van der Waals surface area contributed by atoms with Gasteiger partial charge in [-0.15, -0.1) is 12.4 Å². The zero-order chi connectivity index (χ0) is 16.2. The maximum atomic E-state index is 12.5. The van der Waals surface area contributed by atoms with Gasteiger partial charge in [0, 0.05) is 17.3 Å². The molecule has 2 atom stereocenters. The van der Waals surface area contributed by atoms with E-state index >= 15 is 0 Å². The number of hydrogen-bond donors (Lipinski definition) is 3. The van der Waals surface area contributed by atoms with Gasteiger partial charge in [-0.25, -0.2) is 0 Å². The molecule has 0 heterocycles. The molecule has 2 rings (SSSR count). The molecule has 7 heteroatoms. The third-order valence-electron chi connectivity index (χ3n) is 4.05. The highest BCUT2D eigenvalue weighted by molar-refractivity contribution is 5.93. The van der Waals surface area contributed by atoms with Crippen molar-refractivity contribution in [2.75, 3.05) is 11.9 Å². The van der Waals surface area contributed by atoms with Gasteiger partial charge >= 0.3 is 0 Å². The molecule has 0 spiro atoms. The highest BCUT2D eigenvalue weighted by Crippen LogP contribution is 2.32. The van der Waals surface area contributed by atoms with Crippen molar-refractivity contribution in [2.24, 2.45) is 17.4 Å². The lowest BCUT2D eigenvalue weighted by Gasteiger charge is -2.37. The Labute approximate surface area is 142 Å². The monoisotopic (exact) mass is 341 g/mol. The van der Waals surface area contributed by atoms with Gasteiger partial charge in [-0.2, -0.15) is 0 Å². The Balaban J connectivity index is 0.00000264. The Morgan fingerprint density at radius 3 is 2.78 bits per heavy atom. The number of hydrogen-bond acceptors (Lipinski definition) is 4. The zero-order valence-corrected chi connectivity index (χ0v) is 14.0. The average molecular weight is 342 g/mol. The van der Waals surface area contributed by atoms with Crippen LogP contribution in [0.2, 0.25) is 0 Å². The fourth-order valence-corrected chi connectivity index (χ4v) is 2.84. The molecule has 1 aromatic carbocycles. The third kappa shape index (κ3) is 5.41. The second kappa shape index (κ2) is 8.17. The van der Waals surface area contributed by atoms with Crippen molar-refractivity contribution in [3.05, 3.63) is 24.3 Å². The predicted octanol–water partition coefficient (Wildman–Crippen LogP) is 1.82. The number of carbonyl (C=O) groups is 2. The van der Waals surface area contributed by atoms with Crippen LogP contribution in [-0.2, 0) is 9.59 Å². The van der Waals surface area contributed by atoms with Crippen LogP contribution in [0, 0.1) is 5.92 Å². The van der Waals surface area contributed by atoms with Gasteiger partial charge in [-0.05, 0) is 31.9 Å².